The van der Waals surface area contributed by atoms with Crippen molar-refractivity contribution in [1.82, 2.24) is 0 Å². The van der Waals surface area contributed by atoms with E-state index < -0.39 is 0 Å². The second-order valence-corrected chi connectivity index (χ2v) is 4.31. The summed E-state index contributed by atoms with van der Waals surface area (Å²) in [5.74, 6) is 0.514. The van der Waals surface area contributed by atoms with Crippen molar-refractivity contribution in [3.8, 4) is 0 Å². The topological polar surface area (TPSA) is 35.2 Å². The smallest absolute Gasteiger partial charge is 0.0715 e. The molecule has 0 aliphatic rings. The van der Waals surface area contributed by atoms with Crippen LogP contribution in [0.2, 0.25) is 0 Å². The first-order chi connectivity index (χ1) is 7.15. The molecule has 0 heterocycles. The molecule has 1 rings (SSSR count). The molecule has 0 spiro atoms. The van der Waals surface area contributed by atoms with E-state index in [-0.39, 0.29) is 6.04 Å². The van der Waals surface area contributed by atoms with Gasteiger partial charge < -0.3 is 10.5 Å². The van der Waals surface area contributed by atoms with Crippen molar-refractivity contribution >= 4 is 0 Å². The van der Waals surface area contributed by atoms with Gasteiger partial charge >= 0.3 is 0 Å². The van der Waals surface area contributed by atoms with E-state index in [1.54, 1.807) is 7.11 Å². The molecule has 0 aromatic heterocycles. The summed E-state index contributed by atoms with van der Waals surface area (Å²) in [4.78, 5) is 0. The molecule has 0 aliphatic heterocycles. The van der Waals surface area contributed by atoms with E-state index in [0.29, 0.717) is 12.5 Å². The first-order valence-corrected chi connectivity index (χ1v) is 5.46. The lowest BCUT2D eigenvalue weighted by atomic mass is 9.95. The summed E-state index contributed by atoms with van der Waals surface area (Å²) in [6.45, 7) is 4.98. The van der Waals surface area contributed by atoms with Gasteiger partial charge in [-0.3, -0.25) is 0 Å². The minimum atomic E-state index is 0.225. The maximum Gasteiger partial charge on any atom is 0.0715 e. The number of hydrogen-bond donors (Lipinski definition) is 1. The summed E-state index contributed by atoms with van der Waals surface area (Å²) in [5.41, 5.74) is 8.63. The summed E-state index contributed by atoms with van der Waals surface area (Å²) in [6, 6.07) is 8.56. The molecular formula is C13H21NO. The molecule has 1 aromatic rings. The SMILES string of the molecule is COCc1ccccc1CC(N)C(C)C. The molecule has 1 unspecified atom stereocenters. The van der Waals surface area contributed by atoms with Crippen molar-refractivity contribution < 1.29 is 4.74 Å². The lowest BCUT2D eigenvalue weighted by molar-refractivity contribution is 0.184. The Bertz CT molecular complexity index is 296. The van der Waals surface area contributed by atoms with Gasteiger partial charge in [-0.1, -0.05) is 38.1 Å². The van der Waals surface area contributed by atoms with Gasteiger partial charge in [0.1, 0.15) is 0 Å². The van der Waals surface area contributed by atoms with Crippen LogP contribution in [0.15, 0.2) is 24.3 Å². The van der Waals surface area contributed by atoms with Crippen molar-refractivity contribution in [2.24, 2.45) is 11.7 Å². The van der Waals surface area contributed by atoms with Crippen LogP contribution in [0.4, 0.5) is 0 Å². The zero-order valence-electron chi connectivity index (χ0n) is 9.86. The molecule has 0 aliphatic carbocycles. The molecule has 2 nitrogen and oxygen atoms in total. The van der Waals surface area contributed by atoms with Gasteiger partial charge in [0, 0.05) is 13.2 Å². The molecule has 0 saturated heterocycles. The second kappa shape index (κ2) is 5.89. The number of benzene rings is 1. The quantitative estimate of drug-likeness (QED) is 0.804. The molecule has 0 fully saturated rings. The summed E-state index contributed by atoms with van der Waals surface area (Å²) < 4.78 is 5.17. The summed E-state index contributed by atoms with van der Waals surface area (Å²) in [6.07, 6.45) is 0.928. The van der Waals surface area contributed by atoms with E-state index in [4.69, 9.17) is 10.5 Å². The fourth-order valence-corrected chi connectivity index (χ4v) is 1.54. The minimum Gasteiger partial charge on any atom is -0.380 e. The molecule has 0 amide bonds. The fourth-order valence-electron chi connectivity index (χ4n) is 1.54. The number of methoxy groups -OCH3 is 1. The molecule has 1 aromatic carbocycles. The molecule has 0 saturated carbocycles. The minimum absolute atomic E-state index is 0.225. The highest BCUT2D eigenvalue weighted by Crippen LogP contribution is 2.14. The highest BCUT2D eigenvalue weighted by Gasteiger charge is 2.10. The van der Waals surface area contributed by atoms with Crippen LogP contribution in [0.5, 0.6) is 0 Å². The third-order valence-corrected chi connectivity index (χ3v) is 2.73. The Hall–Kier alpha value is -0.860. The van der Waals surface area contributed by atoms with E-state index in [2.05, 4.69) is 32.0 Å². The zero-order chi connectivity index (χ0) is 11.3. The Morgan fingerprint density at radius 3 is 2.33 bits per heavy atom. The predicted octanol–water partition coefficient (Wildman–Crippen LogP) is 2.36. The molecule has 2 heteroatoms. The molecule has 0 radical (unpaired) electrons. The van der Waals surface area contributed by atoms with Gasteiger partial charge in [-0.25, -0.2) is 0 Å². The van der Waals surface area contributed by atoms with Crippen LogP contribution in [0.25, 0.3) is 0 Å². The van der Waals surface area contributed by atoms with Crippen molar-refractivity contribution in [1.29, 1.82) is 0 Å². The average Bonchev–Trinajstić information content (AvgIpc) is 2.21. The first kappa shape index (κ1) is 12.2. The van der Waals surface area contributed by atoms with E-state index >= 15 is 0 Å². The van der Waals surface area contributed by atoms with Crippen LogP contribution in [-0.4, -0.2) is 13.2 Å². The van der Waals surface area contributed by atoms with Crippen molar-refractivity contribution in [2.75, 3.05) is 7.11 Å². The normalized spacial score (nSPS) is 13.1. The maximum atomic E-state index is 6.07. The van der Waals surface area contributed by atoms with Gasteiger partial charge in [-0.15, -0.1) is 0 Å². The maximum absolute atomic E-state index is 6.07. The van der Waals surface area contributed by atoms with Crippen LogP contribution < -0.4 is 5.73 Å². The van der Waals surface area contributed by atoms with Crippen LogP contribution >= 0.6 is 0 Å². The van der Waals surface area contributed by atoms with Crippen molar-refractivity contribution in [2.45, 2.75) is 32.9 Å². The molecule has 0 bridgehead atoms. The van der Waals surface area contributed by atoms with E-state index in [1.807, 2.05) is 6.07 Å². The lowest BCUT2D eigenvalue weighted by Crippen LogP contribution is -2.29. The van der Waals surface area contributed by atoms with E-state index in [9.17, 15) is 0 Å². The van der Waals surface area contributed by atoms with Crippen LogP contribution in [0.1, 0.15) is 25.0 Å². The Kier molecular flexibility index (Phi) is 4.79. The second-order valence-electron chi connectivity index (χ2n) is 4.31. The van der Waals surface area contributed by atoms with Gasteiger partial charge in [-0.2, -0.15) is 0 Å². The Balaban J connectivity index is 2.74. The highest BCUT2D eigenvalue weighted by molar-refractivity contribution is 5.27. The Morgan fingerprint density at radius 2 is 1.80 bits per heavy atom. The van der Waals surface area contributed by atoms with Crippen LogP contribution in [-0.2, 0) is 17.8 Å². The van der Waals surface area contributed by atoms with Gasteiger partial charge in [0.2, 0.25) is 0 Å². The third kappa shape index (κ3) is 3.65. The Morgan fingerprint density at radius 1 is 1.20 bits per heavy atom. The van der Waals surface area contributed by atoms with Gasteiger partial charge in [-0.05, 0) is 23.5 Å². The molecule has 15 heavy (non-hydrogen) atoms. The predicted molar refractivity (Wildman–Crippen MR) is 63.7 cm³/mol. The highest BCUT2D eigenvalue weighted by atomic mass is 16.5. The summed E-state index contributed by atoms with van der Waals surface area (Å²) in [5, 5.41) is 0. The molecule has 1 atom stereocenters. The number of hydrogen-bond acceptors (Lipinski definition) is 2. The van der Waals surface area contributed by atoms with Crippen molar-refractivity contribution in [3.05, 3.63) is 35.4 Å². The number of ether oxygens (including phenoxy) is 1. The van der Waals surface area contributed by atoms with Crippen molar-refractivity contribution in [3.63, 3.8) is 0 Å². The van der Waals surface area contributed by atoms with E-state index in [1.165, 1.54) is 11.1 Å². The zero-order valence-corrected chi connectivity index (χ0v) is 9.86. The van der Waals surface area contributed by atoms with Gasteiger partial charge in [0.25, 0.3) is 0 Å². The number of nitrogens with two attached hydrogens (primary N) is 1. The number of rotatable bonds is 5. The van der Waals surface area contributed by atoms with Crippen LogP contribution in [0, 0.1) is 5.92 Å². The van der Waals surface area contributed by atoms with Gasteiger partial charge in [0.05, 0.1) is 6.61 Å². The first-order valence-electron chi connectivity index (χ1n) is 5.46. The largest absolute Gasteiger partial charge is 0.380 e. The van der Waals surface area contributed by atoms with E-state index in [0.717, 1.165) is 6.42 Å². The monoisotopic (exact) mass is 207 g/mol. The lowest BCUT2D eigenvalue weighted by Gasteiger charge is -2.17. The standard InChI is InChI=1S/C13H21NO/c1-10(2)13(14)8-11-6-4-5-7-12(11)9-15-3/h4-7,10,13H,8-9,14H2,1-3H3. The molecule has 2 N–H and O–H groups in total. The third-order valence-electron chi connectivity index (χ3n) is 2.73. The summed E-state index contributed by atoms with van der Waals surface area (Å²) >= 11 is 0. The Labute approximate surface area is 92.4 Å². The molecule has 84 valence electrons. The molecular weight excluding hydrogens is 186 g/mol. The van der Waals surface area contributed by atoms with Crippen LogP contribution in [0.3, 0.4) is 0 Å². The average molecular weight is 207 g/mol. The van der Waals surface area contributed by atoms with Gasteiger partial charge in [0.15, 0.2) is 0 Å². The summed E-state index contributed by atoms with van der Waals surface area (Å²) in [7, 11) is 1.72. The fraction of sp³-hybridized carbons (Fsp3) is 0.538.